The molecule has 1 amide bonds. The number of halogens is 12. The molecule has 1 heterocycles. The number of nitriles is 1. The molecule has 2 aromatic carbocycles. The molecule has 5 nitrogen and oxygen atoms in total. The second-order valence-corrected chi connectivity index (χ2v) is 9.94. The smallest absolute Gasteiger partial charge is 0.309 e. The minimum absolute atomic E-state index is 0.0344. The van der Waals surface area contributed by atoms with Gasteiger partial charge in [0, 0.05) is 28.8 Å². The molecule has 0 bridgehead atoms. The van der Waals surface area contributed by atoms with Crippen LogP contribution < -0.4 is 4.90 Å². The van der Waals surface area contributed by atoms with Gasteiger partial charge < -0.3 is 4.90 Å². The molecule has 0 N–H and O–H groups in total. The molecule has 228 valence electrons. The number of carbonyl (C=O) groups excluding carboxylic acids is 2. The Balaban J connectivity index is 2.06. The van der Waals surface area contributed by atoms with Gasteiger partial charge in [0.25, 0.3) is 5.91 Å². The van der Waals surface area contributed by atoms with E-state index < -0.39 is 85.7 Å². The van der Waals surface area contributed by atoms with Gasteiger partial charge in [-0.05, 0) is 64.6 Å². The third-order valence-electron chi connectivity index (χ3n) is 6.09. The second-order valence-electron chi connectivity index (χ2n) is 8.78. The Hall–Kier alpha value is -3.82. The van der Waals surface area contributed by atoms with Crippen molar-refractivity contribution in [3.05, 3.63) is 91.6 Å². The van der Waals surface area contributed by atoms with E-state index in [2.05, 4.69) is 4.98 Å². The third-order valence-corrected chi connectivity index (χ3v) is 7.05. The Morgan fingerprint density at radius 3 is 2.05 bits per heavy atom. The lowest BCUT2D eigenvalue weighted by atomic mass is 9.89. The third kappa shape index (κ3) is 6.43. The van der Waals surface area contributed by atoms with E-state index in [4.69, 9.17) is 5.26 Å². The van der Waals surface area contributed by atoms with Gasteiger partial charge in [-0.25, -0.2) is 13.8 Å². The van der Waals surface area contributed by atoms with Crippen molar-refractivity contribution in [3.8, 4) is 6.07 Å². The van der Waals surface area contributed by atoms with Crippen LogP contribution in [0.3, 0.4) is 0 Å². The van der Waals surface area contributed by atoms with Gasteiger partial charge in [0.2, 0.25) is 0 Å². The molecule has 17 heteroatoms. The number of carbonyl (C=O) groups is 2. The molecular weight excluding hydrogens is 722 g/mol. The lowest BCUT2D eigenvalue weighted by Crippen LogP contribution is -2.50. The largest absolute Gasteiger partial charge is 0.435 e. The highest BCUT2D eigenvalue weighted by Crippen LogP contribution is 2.54. The number of ketones is 1. The molecule has 1 aromatic heterocycles. The van der Waals surface area contributed by atoms with Gasteiger partial charge in [-0.15, -0.1) is 0 Å². The normalized spacial score (nSPS) is 12.6. The van der Waals surface area contributed by atoms with Crippen molar-refractivity contribution in [2.24, 2.45) is 0 Å². The zero-order chi connectivity index (χ0) is 32.7. The molecule has 0 atom stereocenters. The minimum Gasteiger partial charge on any atom is -0.309 e. The number of nitrogens with zero attached hydrogens (tertiary/aromatic N) is 3. The second kappa shape index (κ2) is 11.7. The topological polar surface area (TPSA) is 74.1 Å². The highest BCUT2D eigenvalue weighted by atomic mass is 127. The average Bonchev–Trinajstić information content (AvgIpc) is 2.90. The summed E-state index contributed by atoms with van der Waals surface area (Å²) < 4.78 is 150. The fourth-order valence-corrected chi connectivity index (χ4v) is 4.71. The number of aromatic nitrogens is 1. The molecule has 0 saturated carbocycles. The van der Waals surface area contributed by atoms with E-state index in [-0.39, 0.29) is 17.3 Å². The number of pyridine rings is 1. The number of anilines is 1. The standard InChI is InChI=1S/C26H13F11IN3O2/c1-41(22(43)12-5-6-14(10-39)40-11-12)19-4-2-3-15(21(19)27)20(42)9-16-17(24(29,30)31)7-13(8-18(16)38)23(28,25(32,33)34)26(35,36)37/h2-8,11H,9H2,1H3. The van der Waals surface area contributed by atoms with E-state index in [1.165, 1.54) is 12.1 Å². The van der Waals surface area contributed by atoms with Crippen LogP contribution >= 0.6 is 22.6 Å². The minimum atomic E-state index is -6.70. The van der Waals surface area contributed by atoms with Crippen LogP contribution in [0.25, 0.3) is 0 Å². The molecular formula is C26H13F11IN3O2. The fourth-order valence-electron chi connectivity index (χ4n) is 3.90. The van der Waals surface area contributed by atoms with Crippen molar-refractivity contribution in [2.75, 3.05) is 11.9 Å². The lowest BCUT2D eigenvalue weighted by molar-refractivity contribution is -0.348. The Kier molecular flexibility index (Phi) is 9.16. The zero-order valence-corrected chi connectivity index (χ0v) is 23.2. The Morgan fingerprint density at radius 2 is 1.56 bits per heavy atom. The summed E-state index contributed by atoms with van der Waals surface area (Å²) in [7, 11) is 1.08. The van der Waals surface area contributed by atoms with Crippen molar-refractivity contribution in [1.29, 1.82) is 5.26 Å². The number of amides is 1. The van der Waals surface area contributed by atoms with Crippen LogP contribution in [-0.2, 0) is 18.3 Å². The summed E-state index contributed by atoms with van der Waals surface area (Å²) in [6.45, 7) is 0. The van der Waals surface area contributed by atoms with Gasteiger partial charge in [0.15, 0.2) is 11.6 Å². The van der Waals surface area contributed by atoms with Crippen LogP contribution in [0.1, 0.15) is 43.1 Å². The molecule has 0 radical (unpaired) electrons. The van der Waals surface area contributed by atoms with E-state index in [9.17, 15) is 53.5 Å². The zero-order valence-electron chi connectivity index (χ0n) is 21.0. The van der Waals surface area contributed by atoms with Gasteiger partial charge in [-0.2, -0.15) is 44.8 Å². The molecule has 3 aromatic rings. The molecule has 0 aliphatic heterocycles. The summed E-state index contributed by atoms with van der Waals surface area (Å²) in [5, 5.41) is 8.81. The van der Waals surface area contributed by atoms with Gasteiger partial charge in [-0.3, -0.25) is 9.59 Å². The fraction of sp³-hybridized carbons (Fsp3) is 0.231. The van der Waals surface area contributed by atoms with E-state index >= 15 is 4.39 Å². The van der Waals surface area contributed by atoms with Crippen molar-refractivity contribution in [2.45, 2.75) is 30.6 Å². The predicted octanol–water partition coefficient (Wildman–Crippen LogP) is 7.71. The molecule has 0 unspecified atom stereocenters. The quantitative estimate of drug-likeness (QED) is 0.148. The molecule has 0 spiro atoms. The van der Waals surface area contributed by atoms with Crippen molar-refractivity contribution in [3.63, 3.8) is 0 Å². The molecule has 0 aliphatic rings. The van der Waals surface area contributed by atoms with Gasteiger partial charge in [-0.1, -0.05) is 6.07 Å². The van der Waals surface area contributed by atoms with Crippen LogP contribution in [0.15, 0.2) is 48.7 Å². The molecule has 0 aliphatic carbocycles. The van der Waals surface area contributed by atoms with Crippen LogP contribution in [0.2, 0.25) is 0 Å². The summed E-state index contributed by atoms with van der Waals surface area (Å²) in [4.78, 5) is 30.1. The predicted molar refractivity (Wildman–Crippen MR) is 135 cm³/mol. The van der Waals surface area contributed by atoms with Crippen molar-refractivity contribution in [1.82, 2.24) is 4.98 Å². The summed E-state index contributed by atoms with van der Waals surface area (Å²) in [5.41, 5.74) is -13.4. The Labute approximate surface area is 248 Å². The van der Waals surface area contributed by atoms with E-state index in [1.807, 2.05) is 0 Å². The Morgan fingerprint density at radius 1 is 0.953 bits per heavy atom. The maximum Gasteiger partial charge on any atom is 0.435 e. The first-order valence-electron chi connectivity index (χ1n) is 11.3. The summed E-state index contributed by atoms with van der Waals surface area (Å²) in [6, 6.07) is 6.24. The van der Waals surface area contributed by atoms with E-state index in [0.29, 0.717) is 0 Å². The first-order valence-corrected chi connectivity index (χ1v) is 12.4. The van der Waals surface area contributed by atoms with E-state index in [0.717, 1.165) is 58.9 Å². The summed E-state index contributed by atoms with van der Waals surface area (Å²) in [5.74, 6) is -3.65. The molecule has 0 fully saturated rings. The molecule has 43 heavy (non-hydrogen) atoms. The van der Waals surface area contributed by atoms with E-state index in [1.54, 1.807) is 6.07 Å². The highest BCUT2D eigenvalue weighted by Gasteiger charge is 2.73. The molecule has 0 saturated heterocycles. The summed E-state index contributed by atoms with van der Waals surface area (Å²) in [6.07, 6.45) is -19.4. The first kappa shape index (κ1) is 33.7. The van der Waals surface area contributed by atoms with Gasteiger partial charge in [0.05, 0.1) is 22.4 Å². The highest BCUT2D eigenvalue weighted by molar-refractivity contribution is 14.1. The number of Topliss-reactive ketones (excluding diaryl/α,β-unsaturated/α-hetero) is 1. The van der Waals surface area contributed by atoms with Gasteiger partial charge >= 0.3 is 24.2 Å². The van der Waals surface area contributed by atoms with Crippen LogP contribution in [0.5, 0.6) is 0 Å². The van der Waals surface area contributed by atoms with Gasteiger partial charge in [0.1, 0.15) is 11.8 Å². The maximum absolute atomic E-state index is 15.4. The van der Waals surface area contributed by atoms with Crippen molar-refractivity contribution >= 4 is 40.0 Å². The Bertz CT molecular complexity index is 1600. The number of benzene rings is 2. The monoisotopic (exact) mass is 735 g/mol. The van der Waals surface area contributed by atoms with Crippen LogP contribution in [0.4, 0.5) is 54.0 Å². The SMILES string of the molecule is CN(C(=O)c1ccc(C#N)nc1)c1cccc(C(=O)Cc2c(I)cc(C(F)(C(F)(F)F)C(F)(F)F)cc2C(F)(F)F)c1F. The van der Waals surface area contributed by atoms with Crippen molar-refractivity contribution < 1.29 is 57.9 Å². The van der Waals surface area contributed by atoms with Crippen LogP contribution in [-0.4, -0.2) is 36.1 Å². The molecule has 3 rings (SSSR count). The number of hydrogen-bond donors (Lipinski definition) is 0. The first-order chi connectivity index (χ1) is 19.6. The number of rotatable bonds is 6. The van der Waals surface area contributed by atoms with Crippen LogP contribution in [0, 0.1) is 20.7 Å². The summed E-state index contributed by atoms with van der Waals surface area (Å²) >= 11 is 0.921. The number of hydrogen-bond acceptors (Lipinski definition) is 4. The maximum atomic E-state index is 15.4. The average molecular weight is 735 g/mol. The number of alkyl halides is 10. The lowest BCUT2D eigenvalue weighted by Gasteiger charge is -2.31.